The number of aromatic nitrogens is 2. The van der Waals surface area contributed by atoms with E-state index < -0.39 is 0 Å². The summed E-state index contributed by atoms with van der Waals surface area (Å²) < 4.78 is 8.47. The molecule has 0 saturated carbocycles. The first-order chi connectivity index (χ1) is 9.24. The zero-order valence-electron chi connectivity index (χ0n) is 10.1. The van der Waals surface area contributed by atoms with E-state index in [0.29, 0.717) is 12.3 Å². The van der Waals surface area contributed by atoms with Crippen molar-refractivity contribution in [2.24, 2.45) is 0 Å². The fourth-order valence-corrected chi connectivity index (χ4v) is 2.23. The molecule has 0 amide bonds. The van der Waals surface area contributed by atoms with E-state index in [4.69, 9.17) is 10.5 Å². The number of pyridine rings is 1. The van der Waals surface area contributed by atoms with Crippen molar-refractivity contribution in [2.45, 2.75) is 6.61 Å². The smallest absolute Gasteiger partial charge is 0.137 e. The summed E-state index contributed by atoms with van der Waals surface area (Å²) in [5.41, 5.74) is 8.25. The highest BCUT2D eigenvalue weighted by Gasteiger charge is 2.06. The van der Waals surface area contributed by atoms with Crippen molar-refractivity contribution >= 4 is 27.3 Å². The number of nitrogens with zero attached hydrogens (tertiary/aromatic N) is 2. The minimum absolute atomic E-state index is 0.406. The predicted octanol–water partition coefficient (Wildman–Crippen LogP) is 3.26. The third-order valence-corrected chi connectivity index (χ3v) is 3.63. The molecule has 2 heterocycles. The first kappa shape index (κ1) is 12.0. The van der Waals surface area contributed by atoms with Gasteiger partial charge in [-0.3, -0.25) is 0 Å². The zero-order chi connectivity index (χ0) is 13.2. The van der Waals surface area contributed by atoms with Gasteiger partial charge in [0.2, 0.25) is 0 Å². The molecule has 0 aliphatic rings. The molecule has 0 aliphatic carbocycles. The molecule has 0 fully saturated rings. The summed E-state index contributed by atoms with van der Waals surface area (Å²) >= 11 is 3.41. The average molecular weight is 318 g/mol. The Hall–Kier alpha value is -2.01. The van der Waals surface area contributed by atoms with Gasteiger partial charge in [0.15, 0.2) is 0 Å². The second kappa shape index (κ2) is 4.93. The Balaban J connectivity index is 1.80. The lowest BCUT2D eigenvalue weighted by Gasteiger charge is -2.07. The summed E-state index contributed by atoms with van der Waals surface area (Å²) in [5.74, 6) is 0.719. The van der Waals surface area contributed by atoms with Gasteiger partial charge in [-0.2, -0.15) is 0 Å². The fraction of sp³-hybridized carbons (Fsp3) is 0.0714. The van der Waals surface area contributed by atoms with E-state index in [1.807, 2.05) is 53.2 Å². The molecular formula is C14H12BrN3O. The zero-order valence-corrected chi connectivity index (χ0v) is 11.7. The average Bonchev–Trinajstić information content (AvgIpc) is 2.83. The maximum atomic E-state index is 5.80. The van der Waals surface area contributed by atoms with Gasteiger partial charge in [0.1, 0.15) is 18.0 Å². The van der Waals surface area contributed by atoms with E-state index in [2.05, 4.69) is 20.9 Å². The van der Waals surface area contributed by atoms with Crippen LogP contribution >= 0.6 is 15.9 Å². The van der Waals surface area contributed by atoms with Gasteiger partial charge in [-0.25, -0.2) is 4.98 Å². The second-order valence-electron chi connectivity index (χ2n) is 4.15. The Morgan fingerprint density at radius 2 is 2.11 bits per heavy atom. The Morgan fingerprint density at radius 3 is 2.95 bits per heavy atom. The van der Waals surface area contributed by atoms with E-state index in [0.717, 1.165) is 21.6 Å². The number of benzene rings is 1. The predicted molar refractivity (Wildman–Crippen MR) is 78.1 cm³/mol. The van der Waals surface area contributed by atoms with E-state index in [-0.39, 0.29) is 0 Å². The van der Waals surface area contributed by atoms with Crippen LogP contribution in [0.1, 0.15) is 5.69 Å². The van der Waals surface area contributed by atoms with Gasteiger partial charge in [-0.15, -0.1) is 0 Å². The molecule has 0 atom stereocenters. The third-order valence-electron chi connectivity index (χ3n) is 2.78. The van der Waals surface area contributed by atoms with Crippen molar-refractivity contribution in [2.75, 3.05) is 5.73 Å². The van der Waals surface area contributed by atoms with E-state index >= 15 is 0 Å². The maximum absolute atomic E-state index is 5.80. The van der Waals surface area contributed by atoms with E-state index in [1.54, 1.807) is 0 Å². The molecule has 0 unspecified atom stereocenters. The minimum Gasteiger partial charge on any atom is -0.486 e. The summed E-state index contributed by atoms with van der Waals surface area (Å²) in [6.07, 6.45) is 3.91. The Morgan fingerprint density at radius 1 is 1.21 bits per heavy atom. The molecule has 0 aliphatic heterocycles. The molecule has 3 rings (SSSR count). The van der Waals surface area contributed by atoms with Crippen molar-refractivity contribution in [3.63, 3.8) is 0 Å². The lowest BCUT2D eigenvalue weighted by Crippen LogP contribution is -1.97. The number of anilines is 1. The quantitative estimate of drug-likeness (QED) is 0.754. The van der Waals surface area contributed by atoms with Gasteiger partial charge in [0, 0.05) is 18.1 Å². The van der Waals surface area contributed by atoms with Crippen LogP contribution in [-0.4, -0.2) is 9.38 Å². The monoisotopic (exact) mass is 317 g/mol. The summed E-state index contributed by atoms with van der Waals surface area (Å²) in [6, 6.07) is 11.4. The third kappa shape index (κ3) is 2.42. The molecule has 3 aromatic rings. The molecule has 96 valence electrons. The van der Waals surface area contributed by atoms with Crippen LogP contribution in [0.4, 0.5) is 5.69 Å². The highest BCUT2D eigenvalue weighted by molar-refractivity contribution is 9.10. The molecule has 19 heavy (non-hydrogen) atoms. The molecule has 0 radical (unpaired) electrons. The molecule has 1 aromatic carbocycles. The van der Waals surface area contributed by atoms with Gasteiger partial charge in [-0.05, 0) is 40.2 Å². The van der Waals surface area contributed by atoms with Crippen molar-refractivity contribution in [1.82, 2.24) is 9.38 Å². The summed E-state index contributed by atoms with van der Waals surface area (Å²) in [7, 11) is 0. The van der Waals surface area contributed by atoms with Crippen molar-refractivity contribution < 1.29 is 4.74 Å². The van der Waals surface area contributed by atoms with Crippen LogP contribution in [-0.2, 0) is 6.61 Å². The standard InChI is InChI=1S/C14H12BrN3O/c15-14-11(16)4-3-5-12(14)19-9-10-8-18-7-2-1-6-13(18)17-10/h1-8H,9,16H2. The van der Waals surface area contributed by atoms with E-state index in [1.165, 1.54) is 0 Å². The van der Waals surface area contributed by atoms with Crippen LogP contribution in [0.15, 0.2) is 53.3 Å². The molecule has 0 bridgehead atoms. The van der Waals surface area contributed by atoms with Crippen molar-refractivity contribution in [3.05, 3.63) is 59.0 Å². The van der Waals surface area contributed by atoms with Gasteiger partial charge >= 0.3 is 0 Å². The number of rotatable bonds is 3. The highest BCUT2D eigenvalue weighted by atomic mass is 79.9. The first-order valence-electron chi connectivity index (χ1n) is 5.83. The number of halogens is 1. The molecule has 2 N–H and O–H groups in total. The maximum Gasteiger partial charge on any atom is 0.137 e. The topological polar surface area (TPSA) is 52.5 Å². The normalized spacial score (nSPS) is 10.8. The van der Waals surface area contributed by atoms with Crippen LogP contribution in [0.3, 0.4) is 0 Å². The van der Waals surface area contributed by atoms with Crippen molar-refractivity contribution in [1.29, 1.82) is 0 Å². The number of hydrogen-bond donors (Lipinski definition) is 1. The van der Waals surface area contributed by atoms with Gasteiger partial charge < -0.3 is 14.9 Å². The largest absolute Gasteiger partial charge is 0.486 e. The second-order valence-corrected chi connectivity index (χ2v) is 4.94. The number of hydrogen-bond acceptors (Lipinski definition) is 3. The first-order valence-corrected chi connectivity index (χ1v) is 6.63. The summed E-state index contributed by atoms with van der Waals surface area (Å²) in [4.78, 5) is 4.47. The van der Waals surface area contributed by atoms with Crippen LogP contribution in [0.2, 0.25) is 0 Å². The fourth-order valence-electron chi connectivity index (χ4n) is 1.85. The van der Waals surface area contributed by atoms with Gasteiger partial charge in [0.05, 0.1) is 10.2 Å². The number of imidazole rings is 1. The van der Waals surface area contributed by atoms with Crippen LogP contribution in [0.5, 0.6) is 5.75 Å². The van der Waals surface area contributed by atoms with Crippen LogP contribution in [0.25, 0.3) is 5.65 Å². The number of ether oxygens (including phenoxy) is 1. The van der Waals surface area contributed by atoms with Crippen LogP contribution < -0.4 is 10.5 Å². The Labute approximate surface area is 119 Å². The molecule has 4 nitrogen and oxygen atoms in total. The molecule has 2 aromatic heterocycles. The van der Waals surface area contributed by atoms with Gasteiger partial charge in [-0.1, -0.05) is 12.1 Å². The van der Waals surface area contributed by atoms with Crippen LogP contribution in [0, 0.1) is 0 Å². The summed E-state index contributed by atoms with van der Waals surface area (Å²) in [6.45, 7) is 0.406. The highest BCUT2D eigenvalue weighted by Crippen LogP contribution is 2.30. The number of fused-ring (bicyclic) bond motifs is 1. The van der Waals surface area contributed by atoms with E-state index in [9.17, 15) is 0 Å². The molecule has 0 spiro atoms. The Bertz CT molecular complexity index is 691. The molecule has 0 saturated heterocycles. The molecular weight excluding hydrogens is 306 g/mol. The minimum atomic E-state index is 0.406. The number of nitrogens with two attached hydrogens (primary N) is 1. The summed E-state index contributed by atoms with van der Waals surface area (Å²) in [5, 5.41) is 0. The molecule has 5 heteroatoms. The Kier molecular flexibility index (Phi) is 3.13. The SMILES string of the molecule is Nc1cccc(OCc2cn3ccccc3n2)c1Br. The lowest BCUT2D eigenvalue weighted by atomic mass is 10.3. The van der Waals surface area contributed by atoms with Gasteiger partial charge in [0.25, 0.3) is 0 Å². The lowest BCUT2D eigenvalue weighted by molar-refractivity contribution is 0.300. The number of nitrogen functional groups attached to an aromatic ring is 1. The van der Waals surface area contributed by atoms with Crippen molar-refractivity contribution in [3.8, 4) is 5.75 Å².